The minimum Gasteiger partial charge on any atom is -0.508 e. The molecule has 1 amide bonds. The molecular weight excluding hydrogens is 402 g/mol. The number of rotatable bonds is 6. The van der Waals surface area contributed by atoms with Crippen LogP contribution in [0.5, 0.6) is 5.75 Å². The average Bonchev–Trinajstić information content (AvgIpc) is 3.45. The zero-order chi connectivity index (χ0) is 21.3. The Bertz CT molecular complexity index is 1070. The van der Waals surface area contributed by atoms with Crippen molar-refractivity contribution in [3.63, 3.8) is 0 Å². The van der Waals surface area contributed by atoms with E-state index in [4.69, 9.17) is 4.74 Å². The zero-order valence-corrected chi connectivity index (χ0v) is 18.0. The van der Waals surface area contributed by atoms with Crippen LogP contribution < -0.4 is 10.6 Å². The molecular formula is C21H25N5O3S. The molecule has 3 heterocycles. The Morgan fingerprint density at radius 3 is 2.93 bits per heavy atom. The molecule has 1 saturated heterocycles. The summed E-state index contributed by atoms with van der Waals surface area (Å²) in [6.07, 6.45) is 4.61. The highest BCUT2D eigenvalue weighted by atomic mass is 32.1. The van der Waals surface area contributed by atoms with E-state index in [1.807, 2.05) is 24.7 Å². The van der Waals surface area contributed by atoms with Crippen LogP contribution in [0.3, 0.4) is 0 Å². The maximum atomic E-state index is 12.7. The van der Waals surface area contributed by atoms with Gasteiger partial charge in [-0.25, -0.2) is 4.98 Å². The molecule has 0 radical (unpaired) electrons. The first kappa shape index (κ1) is 20.4. The van der Waals surface area contributed by atoms with Gasteiger partial charge in [0, 0.05) is 36.4 Å². The summed E-state index contributed by atoms with van der Waals surface area (Å²) in [5, 5.41) is 21.2. The summed E-state index contributed by atoms with van der Waals surface area (Å²) in [5.41, 5.74) is 3.16. The number of aromatic nitrogens is 3. The summed E-state index contributed by atoms with van der Waals surface area (Å²) < 4.78 is 7.37. The highest BCUT2D eigenvalue weighted by Crippen LogP contribution is 2.30. The summed E-state index contributed by atoms with van der Waals surface area (Å²) in [5.74, 6) is 1.12. The number of phenols is 1. The second-order valence-electron chi connectivity index (χ2n) is 7.62. The quantitative estimate of drug-likeness (QED) is 0.550. The number of amides is 1. The molecule has 3 aromatic rings. The van der Waals surface area contributed by atoms with E-state index >= 15 is 0 Å². The van der Waals surface area contributed by atoms with Crippen LogP contribution in [-0.4, -0.2) is 39.0 Å². The van der Waals surface area contributed by atoms with Gasteiger partial charge in [-0.1, -0.05) is 17.4 Å². The molecule has 1 aliphatic heterocycles. The number of hydrogen-bond donors (Lipinski definition) is 3. The largest absolute Gasteiger partial charge is 0.508 e. The van der Waals surface area contributed by atoms with Crippen LogP contribution in [0, 0.1) is 26.7 Å². The van der Waals surface area contributed by atoms with E-state index in [2.05, 4.69) is 20.7 Å². The highest BCUT2D eigenvalue weighted by Gasteiger charge is 2.18. The van der Waals surface area contributed by atoms with Crippen molar-refractivity contribution in [3.05, 3.63) is 46.1 Å². The molecule has 1 unspecified atom stereocenters. The number of nitrogens with zero attached hydrogens (tertiary/aromatic N) is 3. The van der Waals surface area contributed by atoms with Gasteiger partial charge < -0.3 is 20.5 Å². The highest BCUT2D eigenvalue weighted by molar-refractivity contribution is 7.17. The van der Waals surface area contributed by atoms with Crippen molar-refractivity contribution in [2.45, 2.75) is 33.7 Å². The topological polar surface area (TPSA) is 101 Å². The van der Waals surface area contributed by atoms with Crippen molar-refractivity contribution >= 4 is 33.9 Å². The van der Waals surface area contributed by atoms with E-state index in [0.717, 1.165) is 43.1 Å². The van der Waals surface area contributed by atoms with Gasteiger partial charge in [0.1, 0.15) is 10.6 Å². The minimum atomic E-state index is -0.263. The molecule has 0 spiro atoms. The fourth-order valence-electron chi connectivity index (χ4n) is 3.47. The number of aryl methyl sites for hydroxylation is 2. The minimum absolute atomic E-state index is 0.151. The van der Waals surface area contributed by atoms with Crippen molar-refractivity contribution in [3.8, 4) is 5.75 Å². The van der Waals surface area contributed by atoms with Gasteiger partial charge in [0.05, 0.1) is 18.5 Å². The van der Waals surface area contributed by atoms with Gasteiger partial charge in [0.15, 0.2) is 10.9 Å². The number of carbonyl (C=O) groups is 1. The lowest BCUT2D eigenvalue weighted by Gasteiger charge is -2.11. The maximum Gasteiger partial charge on any atom is 0.267 e. The number of phenolic OH excluding ortho intramolecular Hbond substituents is 1. The van der Waals surface area contributed by atoms with E-state index in [0.29, 0.717) is 27.2 Å². The Kier molecular flexibility index (Phi) is 5.74. The van der Waals surface area contributed by atoms with E-state index in [1.54, 1.807) is 19.1 Å². The lowest BCUT2D eigenvalue weighted by molar-refractivity contribution is 0.103. The van der Waals surface area contributed by atoms with Crippen LogP contribution >= 0.6 is 11.3 Å². The van der Waals surface area contributed by atoms with E-state index in [1.165, 1.54) is 17.5 Å². The first-order valence-corrected chi connectivity index (χ1v) is 10.7. The Balaban J connectivity index is 1.44. The average molecular weight is 428 g/mol. The lowest BCUT2D eigenvalue weighted by Crippen LogP contribution is -2.12. The van der Waals surface area contributed by atoms with Crippen molar-refractivity contribution in [2.24, 2.45) is 5.92 Å². The smallest absolute Gasteiger partial charge is 0.267 e. The molecule has 1 aliphatic rings. The van der Waals surface area contributed by atoms with Gasteiger partial charge in [-0.2, -0.15) is 5.10 Å². The molecule has 3 N–H and O–H groups in total. The van der Waals surface area contributed by atoms with E-state index in [9.17, 15) is 9.90 Å². The molecule has 8 nitrogen and oxygen atoms in total. The van der Waals surface area contributed by atoms with Gasteiger partial charge in [0.2, 0.25) is 0 Å². The third-order valence-electron chi connectivity index (χ3n) is 5.25. The molecule has 1 aromatic carbocycles. The monoisotopic (exact) mass is 427 g/mol. The Labute approximate surface area is 178 Å². The van der Waals surface area contributed by atoms with Crippen LogP contribution in [0.25, 0.3) is 0 Å². The van der Waals surface area contributed by atoms with Crippen LogP contribution in [0.1, 0.15) is 32.8 Å². The van der Waals surface area contributed by atoms with Gasteiger partial charge in [-0.05, 0) is 38.8 Å². The lowest BCUT2D eigenvalue weighted by atomic mass is 10.1. The molecule has 2 aromatic heterocycles. The molecule has 4 rings (SSSR count). The van der Waals surface area contributed by atoms with Gasteiger partial charge in [-0.3, -0.25) is 9.48 Å². The van der Waals surface area contributed by atoms with E-state index < -0.39 is 0 Å². The summed E-state index contributed by atoms with van der Waals surface area (Å²) in [6.45, 7) is 8.08. The summed E-state index contributed by atoms with van der Waals surface area (Å²) in [4.78, 5) is 17.5. The van der Waals surface area contributed by atoms with Crippen molar-refractivity contribution in [1.29, 1.82) is 0 Å². The van der Waals surface area contributed by atoms with Crippen molar-refractivity contribution in [1.82, 2.24) is 14.8 Å². The molecule has 30 heavy (non-hydrogen) atoms. The Morgan fingerprint density at radius 2 is 2.17 bits per heavy atom. The Morgan fingerprint density at radius 1 is 1.33 bits per heavy atom. The van der Waals surface area contributed by atoms with Crippen LogP contribution in [0.4, 0.5) is 16.6 Å². The normalized spacial score (nSPS) is 16.0. The predicted octanol–water partition coefficient (Wildman–Crippen LogP) is 4.00. The molecule has 9 heteroatoms. The molecule has 1 atom stereocenters. The number of aromatic hydroxyl groups is 1. The SMILES string of the molecule is Cc1cn(CC2CCOC2)nc1Nc1ncc(C(=O)Nc2c(C)ccc(O)c2C)s1. The number of hydrogen-bond acceptors (Lipinski definition) is 7. The second kappa shape index (κ2) is 8.45. The predicted molar refractivity (Wildman–Crippen MR) is 117 cm³/mol. The fourth-order valence-corrected chi connectivity index (χ4v) is 4.18. The second-order valence-corrected chi connectivity index (χ2v) is 8.65. The summed E-state index contributed by atoms with van der Waals surface area (Å²) in [6, 6.07) is 3.39. The zero-order valence-electron chi connectivity index (χ0n) is 17.2. The van der Waals surface area contributed by atoms with E-state index in [-0.39, 0.29) is 11.7 Å². The van der Waals surface area contributed by atoms with Gasteiger partial charge in [0.25, 0.3) is 5.91 Å². The number of ether oxygens (including phenoxy) is 1. The molecule has 1 fully saturated rings. The van der Waals surface area contributed by atoms with Crippen LogP contribution in [0.15, 0.2) is 24.5 Å². The number of nitrogens with one attached hydrogen (secondary N) is 2. The summed E-state index contributed by atoms with van der Waals surface area (Å²) in [7, 11) is 0. The number of carbonyl (C=O) groups excluding carboxylic acids is 1. The third kappa shape index (κ3) is 4.31. The van der Waals surface area contributed by atoms with Gasteiger partial charge in [-0.15, -0.1) is 0 Å². The van der Waals surface area contributed by atoms with Crippen molar-refractivity contribution in [2.75, 3.05) is 23.8 Å². The fraction of sp³-hybridized carbons (Fsp3) is 0.381. The molecule has 158 valence electrons. The molecule has 0 aliphatic carbocycles. The standard InChI is InChI=1S/C21H25N5O3S/c1-12-4-5-16(27)14(3)18(12)23-20(28)17-8-22-21(30-17)24-19-13(2)9-26(25-19)10-15-6-7-29-11-15/h4-5,8-9,15,27H,6-7,10-11H2,1-3H3,(H,23,28)(H,22,24,25). The summed E-state index contributed by atoms with van der Waals surface area (Å²) >= 11 is 1.26. The first-order valence-electron chi connectivity index (χ1n) is 9.86. The molecule has 0 bridgehead atoms. The van der Waals surface area contributed by atoms with Gasteiger partial charge >= 0.3 is 0 Å². The maximum absolute atomic E-state index is 12.7. The number of anilines is 3. The number of benzene rings is 1. The third-order valence-corrected chi connectivity index (χ3v) is 6.16. The number of thiazole rings is 1. The molecule has 0 saturated carbocycles. The van der Waals surface area contributed by atoms with Crippen molar-refractivity contribution < 1.29 is 14.6 Å². The first-order chi connectivity index (χ1) is 14.4. The van der Waals surface area contributed by atoms with Crippen LogP contribution in [-0.2, 0) is 11.3 Å². The van der Waals surface area contributed by atoms with Crippen LogP contribution in [0.2, 0.25) is 0 Å². The Hall–Kier alpha value is -2.91.